The van der Waals surface area contributed by atoms with Gasteiger partial charge < -0.3 is 4.90 Å². The number of carbonyl (C=O) groups is 1. The Balaban J connectivity index is 2.10. The van der Waals surface area contributed by atoms with Gasteiger partial charge in [-0.25, -0.2) is 5.10 Å². The smallest absolute Gasteiger partial charge is 0.229 e. The van der Waals surface area contributed by atoms with Gasteiger partial charge in [0.2, 0.25) is 5.91 Å². The van der Waals surface area contributed by atoms with Gasteiger partial charge >= 0.3 is 0 Å². The number of carbonyl (C=O) groups excluding carboxylic acids is 1. The first kappa shape index (κ1) is 24.2. The topological polar surface area (TPSA) is 74.8 Å². The van der Waals surface area contributed by atoms with Crippen LogP contribution in [0.3, 0.4) is 0 Å². The number of nitrogens with zero attached hydrogens (tertiary/aromatic N) is 4. The number of allylic oxidation sites excluding steroid dienone is 3. The Morgan fingerprint density at radius 1 is 1.41 bits per heavy atom. The number of amides is 1. The van der Waals surface area contributed by atoms with Crippen molar-refractivity contribution in [2.45, 2.75) is 58.5 Å². The maximum Gasteiger partial charge on any atom is 0.229 e. The van der Waals surface area contributed by atoms with Crippen LogP contribution in [0.2, 0.25) is 5.02 Å². The van der Waals surface area contributed by atoms with Crippen LogP contribution in [-0.4, -0.2) is 43.5 Å². The van der Waals surface area contributed by atoms with Crippen LogP contribution in [-0.2, 0) is 11.2 Å². The van der Waals surface area contributed by atoms with Crippen molar-refractivity contribution in [3.8, 4) is 0 Å². The van der Waals surface area contributed by atoms with Crippen molar-refractivity contribution in [1.82, 2.24) is 25.5 Å². The lowest BCUT2D eigenvalue weighted by atomic mass is 9.67. The summed E-state index contributed by atoms with van der Waals surface area (Å²) >= 11 is 12.5. The average molecular weight is 474 g/mol. The Kier molecular flexibility index (Phi) is 7.57. The highest BCUT2D eigenvalue weighted by Crippen LogP contribution is 2.47. The second kappa shape index (κ2) is 10.0. The number of aromatic amines is 1. The summed E-state index contributed by atoms with van der Waals surface area (Å²) in [6.45, 7) is 12.2. The molecule has 2 aromatic rings. The summed E-state index contributed by atoms with van der Waals surface area (Å²) in [5, 5.41) is 15.5. The van der Waals surface area contributed by atoms with Crippen LogP contribution in [0.4, 0.5) is 0 Å². The van der Waals surface area contributed by atoms with Gasteiger partial charge in [0.05, 0.1) is 11.5 Å². The number of aromatic nitrogens is 4. The van der Waals surface area contributed by atoms with Crippen LogP contribution in [0, 0.1) is 5.41 Å². The fraction of sp³-hybridized carbons (Fsp3) is 0.417. The molecule has 8 heteroatoms. The normalized spacial score (nSPS) is 24.5. The van der Waals surface area contributed by atoms with Crippen molar-refractivity contribution in [2.24, 2.45) is 5.41 Å². The lowest BCUT2D eigenvalue weighted by Crippen LogP contribution is -2.59. The number of H-pyrrole nitrogens is 1. The highest BCUT2D eigenvalue weighted by Gasteiger charge is 2.50. The Bertz CT molecular complexity index is 1030. The molecule has 3 atom stereocenters. The number of halogens is 2. The van der Waals surface area contributed by atoms with Crippen molar-refractivity contribution in [2.75, 3.05) is 0 Å². The van der Waals surface area contributed by atoms with Gasteiger partial charge in [-0.1, -0.05) is 61.0 Å². The zero-order valence-corrected chi connectivity index (χ0v) is 20.4. The molecule has 0 radical (unpaired) electrons. The van der Waals surface area contributed by atoms with E-state index in [2.05, 4.69) is 33.3 Å². The third-order valence-corrected chi connectivity index (χ3v) is 6.57. The molecule has 170 valence electrons. The maximum absolute atomic E-state index is 13.9. The van der Waals surface area contributed by atoms with Crippen molar-refractivity contribution in [1.29, 1.82) is 0 Å². The van der Waals surface area contributed by atoms with Gasteiger partial charge in [0.15, 0.2) is 0 Å². The molecule has 1 aliphatic heterocycles. The molecule has 2 heterocycles. The average Bonchev–Trinajstić information content (AvgIpc) is 3.25. The van der Waals surface area contributed by atoms with Crippen LogP contribution in [0.15, 0.2) is 59.7 Å². The highest BCUT2D eigenvalue weighted by molar-refractivity contribution is 6.31. The van der Waals surface area contributed by atoms with E-state index >= 15 is 0 Å². The van der Waals surface area contributed by atoms with E-state index in [4.69, 9.17) is 23.2 Å². The van der Waals surface area contributed by atoms with Crippen LogP contribution < -0.4 is 0 Å². The van der Waals surface area contributed by atoms with Gasteiger partial charge in [-0.3, -0.25) is 4.79 Å². The van der Waals surface area contributed by atoms with Crippen molar-refractivity contribution in [3.63, 3.8) is 0 Å². The molecule has 1 aromatic carbocycles. The van der Waals surface area contributed by atoms with Crippen LogP contribution in [0.5, 0.6) is 0 Å². The molecule has 1 aliphatic rings. The summed E-state index contributed by atoms with van der Waals surface area (Å²) < 4.78 is 0. The second-order valence-corrected chi connectivity index (χ2v) is 9.66. The SMILES string of the molecule is C=C(/C=C\C(Cl)=C/C)[C@@H]1[C@@H](c2cccc(Cl)c2)C[C@](C)(Cc2nnn[nH]2)C(=O)N1C(C)C. The summed E-state index contributed by atoms with van der Waals surface area (Å²) in [6, 6.07) is 7.55. The van der Waals surface area contributed by atoms with E-state index in [0.717, 1.165) is 11.1 Å². The van der Waals surface area contributed by atoms with Crippen molar-refractivity contribution < 1.29 is 4.79 Å². The summed E-state index contributed by atoms with van der Waals surface area (Å²) in [4.78, 5) is 15.8. The predicted octanol–water partition coefficient (Wildman–Crippen LogP) is 5.45. The van der Waals surface area contributed by atoms with E-state index in [1.54, 1.807) is 0 Å². The Morgan fingerprint density at radius 2 is 2.16 bits per heavy atom. The molecule has 1 fully saturated rings. The van der Waals surface area contributed by atoms with Crippen molar-refractivity contribution in [3.05, 3.63) is 76.1 Å². The van der Waals surface area contributed by atoms with Gasteiger partial charge in [-0.05, 0) is 67.0 Å². The van der Waals surface area contributed by atoms with Crippen LogP contribution >= 0.6 is 23.2 Å². The molecule has 0 aliphatic carbocycles. The Hall–Kier alpha value is -2.44. The van der Waals surface area contributed by atoms with Gasteiger partial charge in [0.1, 0.15) is 5.82 Å². The minimum atomic E-state index is -0.695. The van der Waals surface area contributed by atoms with Gasteiger partial charge in [-0.2, -0.15) is 0 Å². The second-order valence-electron chi connectivity index (χ2n) is 8.78. The molecule has 1 aromatic heterocycles. The third-order valence-electron chi connectivity index (χ3n) is 5.99. The molecule has 0 bridgehead atoms. The highest BCUT2D eigenvalue weighted by atomic mass is 35.5. The monoisotopic (exact) mass is 473 g/mol. The number of likely N-dealkylation sites (tertiary alicyclic amines) is 1. The van der Waals surface area contributed by atoms with Gasteiger partial charge in [0.25, 0.3) is 0 Å². The van der Waals surface area contributed by atoms with E-state index in [9.17, 15) is 4.79 Å². The van der Waals surface area contributed by atoms with E-state index in [0.29, 0.717) is 28.7 Å². The first-order valence-corrected chi connectivity index (χ1v) is 11.4. The maximum atomic E-state index is 13.9. The van der Waals surface area contributed by atoms with Crippen molar-refractivity contribution >= 4 is 29.1 Å². The molecular weight excluding hydrogens is 445 g/mol. The molecule has 6 nitrogen and oxygen atoms in total. The van der Waals surface area contributed by atoms with Crippen LogP contribution in [0.25, 0.3) is 0 Å². The lowest BCUT2D eigenvalue weighted by Gasteiger charge is -2.51. The van der Waals surface area contributed by atoms with Gasteiger partial charge in [-0.15, -0.1) is 5.10 Å². The summed E-state index contributed by atoms with van der Waals surface area (Å²) in [5.41, 5.74) is 1.19. The number of benzene rings is 1. The first-order chi connectivity index (χ1) is 15.2. The summed E-state index contributed by atoms with van der Waals surface area (Å²) in [5.74, 6) is 0.626. The quantitative estimate of drug-likeness (QED) is 0.542. The van der Waals surface area contributed by atoms with E-state index in [1.807, 2.05) is 69.0 Å². The molecule has 1 N–H and O–H groups in total. The number of tetrazole rings is 1. The fourth-order valence-electron chi connectivity index (χ4n) is 4.50. The Labute approximate surface area is 199 Å². The summed E-state index contributed by atoms with van der Waals surface area (Å²) in [7, 11) is 0. The lowest BCUT2D eigenvalue weighted by molar-refractivity contribution is -0.151. The fourth-order valence-corrected chi connectivity index (χ4v) is 4.76. The largest absolute Gasteiger partial charge is 0.332 e. The zero-order chi connectivity index (χ0) is 23.5. The van der Waals surface area contributed by atoms with E-state index < -0.39 is 5.41 Å². The summed E-state index contributed by atoms with van der Waals surface area (Å²) in [6.07, 6.45) is 6.55. The standard InChI is InChI=1S/C24H29Cl2N5O/c1-6-18(25)11-10-16(4)22-20(17-8-7-9-19(26)12-17)13-24(5,14-21-27-29-30-28-21)23(32)31(22)15(2)3/h6-12,15,20,22H,4,13-14H2,1-3,5H3,(H,27,28,29,30)/b11-10-,18-6+/t20-,22-,24-/m1/s1. The minimum Gasteiger partial charge on any atom is -0.332 e. The van der Waals surface area contributed by atoms with Gasteiger partial charge in [0, 0.05) is 28.4 Å². The molecule has 0 unspecified atom stereocenters. The number of hydrogen-bond donors (Lipinski definition) is 1. The molecule has 32 heavy (non-hydrogen) atoms. The van der Waals surface area contributed by atoms with E-state index in [-0.39, 0.29) is 23.9 Å². The predicted molar refractivity (Wildman–Crippen MR) is 128 cm³/mol. The zero-order valence-electron chi connectivity index (χ0n) is 18.8. The van der Waals surface area contributed by atoms with E-state index in [1.165, 1.54) is 0 Å². The first-order valence-electron chi connectivity index (χ1n) is 10.7. The number of rotatable bonds is 7. The third kappa shape index (κ3) is 5.13. The van der Waals surface area contributed by atoms with Crippen LogP contribution in [0.1, 0.15) is 51.4 Å². The minimum absolute atomic E-state index is 0.0174. The molecule has 3 rings (SSSR count). The molecule has 1 saturated heterocycles. The molecule has 0 spiro atoms. The number of piperidine rings is 1. The molecule has 0 saturated carbocycles. The molecular formula is C24H29Cl2N5O. The Morgan fingerprint density at radius 3 is 2.75 bits per heavy atom. The number of nitrogens with one attached hydrogen (secondary N) is 1. The number of hydrogen-bond acceptors (Lipinski definition) is 4. The molecule has 1 amide bonds.